The van der Waals surface area contributed by atoms with Crippen LogP contribution in [0.15, 0.2) is 48.5 Å². The SMILES string of the molecule is O=C(CNc1cccc(Cl)c1)NNC(=O)c1ccc([N+](=O)[O-])cc1. The Morgan fingerprint density at radius 3 is 2.42 bits per heavy atom. The number of nitro benzene ring substituents is 1. The fourth-order valence-corrected chi connectivity index (χ4v) is 1.95. The zero-order valence-electron chi connectivity index (χ0n) is 12.3. The third-order valence-electron chi connectivity index (χ3n) is 2.93. The molecule has 0 aliphatic carbocycles. The first-order valence-electron chi connectivity index (χ1n) is 6.79. The van der Waals surface area contributed by atoms with E-state index in [1.54, 1.807) is 24.3 Å². The number of amides is 2. The smallest absolute Gasteiger partial charge is 0.269 e. The molecule has 2 aromatic rings. The number of carbonyl (C=O) groups is 2. The summed E-state index contributed by atoms with van der Waals surface area (Å²) in [5, 5.41) is 13.9. The van der Waals surface area contributed by atoms with Gasteiger partial charge in [-0.25, -0.2) is 0 Å². The number of carbonyl (C=O) groups excluding carboxylic acids is 2. The zero-order chi connectivity index (χ0) is 17.5. The van der Waals surface area contributed by atoms with Crippen LogP contribution in [-0.2, 0) is 4.79 Å². The Balaban J connectivity index is 1.80. The van der Waals surface area contributed by atoms with Crippen LogP contribution >= 0.6 is 11.6 Å². The molecule has 124 valence electrons. The van der Waals surface area contributed by atoms with Crippen LogP contribution in [0.25, 0.3) is 0 Å². The van der Waals surface area contributed by atoms with Gasteiger partial charge in [0.1, 0.15) is 0 Å². The lowest BCUT2D eigenvalue weighted by Gasteiger charge is -2.09. The van der Waals surface area contributed by atoms with Crippen molar-refractivity contribution in [1.29, 1.82) is 0 Å². The highest BCUT2D eigenvalue weighted by Crippen LogP contribution is 2.14. The summed E-state index contributed by atoms with van der Waals surface area (Å²) in [4.78, 5) is 33.5. The Kier molecular flexibility index (Phi) is 5.69. The molecule has 0 bridgehead atoms. The maximum atomic E-state index is 11.8. The Labute approximate surface area is 141 Å². The molecule has 0 atom stereocenters. The highest BCUT2D eigenvalue weighted by atomic mass is 35.5. The first kappa shape index (κ1) is 17.2. The lowest BCUT2D eigenvalue weighted by molar-refractivity contribution is -0.384. The second-order valence-corrected chi connectivity index (χ2v) is 5.11. The number of rotatable bonds is 5. The maximum absolute atomic E-state index is 11.8. The third-order valence-corrected chi connectivity index (χ3v) is 3.17. The minimum Gasteiger partial charge on any atom is -0.376 e. The lowest BCUT2D eigenvalue weighted by atomic mass is 10.2. The third kappa shape index (κ3) is 4.96. The van der Waals surface area contributed by atoms with E-state index in [4.69, 9.17) is 11.6 Å². The minimum atomic E-state index is -0.582. The number of anilines is 1. The van der Waals surface area contributed by atoms with Crippen molar-refractivity contribution in [3.05, 3.63) is 69.2 Å². The van der Waals surface area contributed by atoms with Crippen LogP contribution in [0.4, 0.5) is 11.4 Å². The molecule has 0 aliphatic heterocycles. The molecule has 0 spiro atoms. The van der Waals surface area contributed by atoms with Gasteiger partial charge in [0.2, 0.25) is 0 Å². The zero-order valence-corrected chi connectivity index (χ0v) is 13.0. The van der Waals surface area contributed by atoms with E-state index < -0.39 is 16.7 Å². The molecule has 0 unspecified atom stereocenters. The van der Waals surface area contributed by atoms with Gasteiger partial charge < -0.3 is 5.32 Å². The monoisotopic (exact) mass is 348 g/mol. The Hall–Kier alpha value is -3.13. The number of benzene rings is 2. The summed E-state index contributed by atoms with van der Waals surface area (Å²) in [5.74, 6) is -1.05. The van der Waals surface area contributed by atoms with Gasteiger partial charge in [0.25, 0.3) is 17.5 Å². The molecule has 2 aromatic carbocycles. The fraction of sp³-hybridized carbons (Fsp3) is 0.0667. The van der Waals surface area contributed by atoms with Gasteiger partial charge in [0.15, 0.2) is 0 Å². The fourth-order valence-electron chi connectivity index (χ4n) is 1.76. The molecular formula is C15H13ClN4O4. The highest BCUT2D eigenvalue weighted by molar-refractivity contribution is 6.30. The van der Waals surface area contributed by atoms with E-state index in [-0.39, 0.29) is 17.8 Å². The predicted octanol–water partition coefficient (Wildman–Crippen LogP) is 2.12. The number of nitro groups is 1. The molecule has 24 heavy (non-hydrogen) atoms. The van der Waals surface area contributed by atoms with E-state index in [1.165, 1.54) is 24.3 Å². The first-order valence-corrected chi connectivity index (χ1v) is 7.16. The van der Waals surface area contributed by atoms with Crippen LogP contribution in [0.3, 0.4) is 0 Å². The topological polar surface area (TPSA) is 113 Å². The lowest BCUT2D eigenvalue weighted by Crippen LogP contribution is -2.44. The van der Waals surface area contributed by atoms with E-state index >= 15 is 0 Å². The van der Waals surface area contributed by atoms with Crippen molar-refractivity contribution in [2.24, 2.45) is 0 Å². The Morgan fingerprint density at radius 2 is 1.79 bits per heavy atom. The Bertz CT molecular complexity index is 764. The van der Waals surface area contributed by atoms with E-state index in [1.807, 2.05) is 0 Å². The predicted molar refractivity (Wildman–Crippen MR) is 88.6 cm³/mol. The molecule has 2 amide bonds. The summed E-state index contributed by atoms with van der Waals surface area (Å²) in [6.07, 6.45) is 0. The average molecular weight is 349 g/mol. The van der Waals surface area contributed by atoms with Crippen LogP contribution in [-0.4, -0.2) is 23.3 Å². The van der Waals surface area contributed by atoms with Crippen molar-refractivity contribution in [3.8, 4) is 0 Å². The Morgan fingerprint density at radius 1 is 1.08 bits per heavy atom. The van der Waals surface area contributed by atoms with Gasteiger partial charge in [0.05, 0.1) is 11.5 Å². The van der Waals surface area contributed by atoms with Crippen molar-refractivity contribution in [1.82, 2.24) is 10.9 Å². The molecule has 0 saturated carbocycles. The van der Waals surface area contributed by atoms with Crippen LogP contribution in [0.2, 0.25) is 5.02 Å². The second-order valence-electron chi connectivity index (χ2n) is 4.67. The number of halogens is 1. The van der Waals surface area contributed by atoms with Gasteiger partial charge in [-0.1, -0.05) is 17.7 Å². The van der Waals surface area contributed by atoms with Gasteiger partial charge in [-0.3, -0.25) is 30.6 Å². The van der Waals surface area contributed by atoms with Crippen molar-refractivity contribution in [3.63, 3.8) is 0 Å². The molecule has 8 nitrogen and oxygen atoms in total. The summed E-state index contributed by atoms with van der Waals surface area (Å²) in [6, 6.07) is 11.8. The summed E-state index contributed by atoms with van der Waals surface area (Å²) >= 11 is 5.82. The average Bonchev–Trinajstić information content (AvgIpc) is 2.58. The van der Waals surface area contributed by atoms with Gasteiger partial charge in [-0.15, -0.1) is 0 Å². The standard InChI is InChI=1S/C15H13ClN4O4/c16-11-2-1-3-12(8-11)17-9-14(21)18-19-15(22)10-4-6-13(7-5-10)20(23)24/h1-8,17H,9H2,(H,18,21)(H,19,22). The summed E-state index contributed by atoms with van der Waals surface area (Å²) in [6.45, 7) is -0.0686. The van der Waals surface area contributed by atoms with Crippen molar-refractivity contribution < 1.29 is 14.5 Å². The van der Waals surface area contributed by atoms with Gasteiger partial charge >= 0.3 is 0 Å². The van der Waals surface area contributed by atoms with Gasteiger partial charge in [0, 0.05) is 28.4 Å². The van der Waals surface area contributed by atoms with Gasteiger partial charge in [-0.2, -0.15) is 0 Å². The van der Waals surface area contributed by atoms with E-state index in [9.17, 15) is 19.7 Å². The van der Waals surface area contributed by atoms with Gasteiger partial charge in [-0.05, 0) is 30.3 Å². The molecule has 9 heteroatoms. The largest absolute Gasteiger partial charge is 0.376 e. The molecule has 3 N–H and O–H groups in total. The van der Waals surface area contributed by atoms with Crippen molar-refractivity contribution >= 4 is 34.8 Å². The second kappa shape index (κ2) is 7.93. The minimum absolute atomic E-state index is 0.0686. The van der Waals surface area contributed by atoms with E-state index in [0.717, 1.165) is 0 Å². The molecule has 0 fully saturated rings. The summed E-state index contributed by atoms with van der Waals surface area (Å²) in [5.41, 5.74) is 5.18. The summed E-state index contributed by atoms with van der Waals surface area (Å²) < 4.78 is 0. The summed E-state index contributed by atoms with van der Waals surface area (Å²) in [7, 11) is 0. The maximum Gasteiger partial charge on any atom is 0.269 e. The molecule has 0 saturated heterocycles. The van der Waals surface area contributed by atoms with Crippen LogP contribution in [0.5, 0.6) is 0 Å². The first-order chi connectivity index (χ1) is 11.5. The molecular weight excluding hydrogens is 336 g/mol. The molecule has 0 aliphatic rings. The number of nitrogens with zero attached hydrogens (tertiary/aromatic N) is 1. The van der Waals surface area contributed by atoms with Crippen LogP contribution in [0, 0.1) is 10.1 Å². The highest BCUT2D eigenvalue weighted by Gasteiger charge is 2.10. The number of hydrogen-bond donors (Lipinski definition) is 3. The number of hydrazine groups is 1. The normalized spacial score (nSPS) is 9.88. The quantitative estimate of drug-likeness (QED) is 0.565. The molecule has 0 aromatic heterocycles. The van der Waals surface area contributed by atoms with Crippen LogP contribution < -0.4 is 16.2 Å². The van der Waals surface area contributed by atoms with E-state index in [2.05, 4.69) is 16.2 Å². The van der Waals surface area contributed by atoms with Crippen molar-refractivity contribution in [2.75, 3.05) is 11.9 Å². The van der Waals surface area contributed by atoms with E-state index in [0.29, 0.717) is 10.7 Å². The van der Waals surface area contributed by atoms with Crippen molar-refractivity contribution in [2.45, 2.75) is 0 Å². The van der Waals surface area contributed by atoms with Crippen LogP contribution in [0.1, 0.15) is 10.4 Å². The molecule has 0 radical (unpaired) electrons. The molecule has 0 heterocycles. The molecule has 2 rings (SSSR count). The number of hydrogen-bond acceptors (Lipinski definition) is 5. The number of non-ortho nitro benzene ring substituents is 1. The number of nitrogens with one attached hydrogen (secondary N) is 3.